The largest absolute Gasteiger partial charge is 0.324 e. The second-order valence-corrected chi connectivity index (χ2v) is 6.19. The number of hydrogen-bond donors (Lipinski definition) is 2. The average molecular weight is 346 g/mol. The van der Waals surface area contributed by atoms with E-state index in [-0.39, 0.29) is 5.91 Å². The molecule has 0 fully saturated rings. The summed E-state index contributed by atoms with van der Waals surface area (Å²) in [6, 6.07) is 15.4. The van der Waals surface area contributed by atoms with Crippen molar-refractivity contribution in [2.45, 2.75) is 27.2 Å². The third kappa shape index (κ3) is 4.25. The lowest BCUT2D eigenvalue weighted by atomic mass is 10.1. The van der Waals surface area contributed by atoms with Crippen LogP contribution < -0.4 is 10.6 Å². The van der Waals surface area contributed by atoms with E-state index < -0.39 is 0 Å². The lowest BCUT2D eigenvalue weighted by Gasteiger charge is -2.09. The summed E-state index contributed by atoms with van der Waals surface area (Å²) in [6.45, 7) is 6.21. The van der Waals surface area contributed by atoms with Gasteiger partial charge in [0.2, 0.25) is 5.95 Å². The molecule has 0 aliphatic carbocycles. The molecule has 1 heterocycles. The highest BCUT2D eigenvalue weighted by Gasteiger charge is 2.10. The van der Waals surface area contributed by atoms with Gasteiger partial charge in [-0.2, -0.15) is 0 Å². The first-order chi connectivity index (χ1) is 12.5. The zero-order valence-electron chi connectivity index (χ0n) is 15.2. The van der Waals surface area contributed by atoms with Gasteiger partial charge in [0.15, 0.2) is 0 Å². The van der Waals surface area contributed by atoms with Gasteiger partial charge >= 0.3 is 0 Å². The molecule has 0 unspecified atom stereocenters. The first-order valence-corrected chi connectivity index (χ1v) is 8.63. The minimum atomic E-state index is -0.264. The number of nitrogens with zero attached hydrogens (tertiary/aromatic N) is 2. The molecule has 2 aromatic carbocycles. The topological polar surface area (TPSA) is 66.9 Å². The molecule has 0 bridgehead atoms. The van der Waals surface area contributed by atoms with Gasteiger partial charge in [-0.3, -0.25) is 4.79 Å². The molecule has 3 aromatic rings. The molecule has 0 saturated heterocycles. The SMILES string of the molecule is CCc1ccc(NC(=O)c2ccnc(Nc3ccc(C)c(C)c3)n2)cc1. The molecule has 2 N–H and O–H groups in total. The van der Waals surface area contributed by atoms with Crippen LogP contribution in [0.15, 0.2) is 54.7 Å². The highest BCUT2D eigenvalue weighted by atomic mass is 16.1. The Labute approximate surface area is 153 Å². The van der Waals surface area contributed by atoms with Crippen molar-refractivity contribution in [3.8, 4) is 0 Å². The number of rotatable bonds is 5. The number of carbonyl (C=O) groups is 1. The van der Waals surface area contributed by atoms with E-state index in [1.165, 1.54) is 16.7 Å². The summed E-state index contributed by atoms with van der Waals surface area (Å²) >= 11 is 0. The van der Waals surface area contributed by atoms with Gasteiger partial charge in [0, 0.05) is 17.6 Å². The van der Waals surface area contributed by atoms with Crippen LogP contribution >= 0.6 is 0 Å². The lowest BCUT2D eigenvalue weighted by molar-refractivity contribution is 0.102. The van der Waals surface area contributed by atoms with Gasteiger partial charge in [-0.15, -0.1) is 0 Å². The molecule has 5 heteroatoms. The third-order valence-electron chi connectivity index (χ3n) is 4.27. The van der Waals surface area contributed by atoms with Crippen LogP contribution in [0, 0.1) is 13.8 Å². The predicted octanol–water partition coefficient (Wildman–Crippen LogP) is 4.65. The Morgan fingerprint density at radius 3 is 2.38 bits per heavy atom. The fraction of sp³-hybridized carbons (Fsp3) is 0.190. The number of carbonyl (C=O) groups excluding carboxylic acids is 1. The molecule has 0 radical (unpaired) electrons. The van der Waals surface area contributed by atoms with Crippen LogP contribution in [-0.4, -0.2) is 15.9 Å². The van der Waals surface area contributed by atoms with Crippen molar-refractivity contribution in [1.82, 2.24) is 9.97 Å². The number of amides is 1. The average Bonchev–Trinajstić information content (AvgIpc) is 2.65. The maximum atomic E-state index is 12.4. The second kappa shape index (κ2) is 7.78. The van der Waals surface area contributed by atoms with Crippen molar-refractivity contribution in [1.29, 1.82) is 0 Å². The highest BCUT2D eigenvalue weighted by molar-refractivity contribution is 6.03. The molecular weight excluding hydrogens is 324 g/mol. The van der Waals surface area contributed by atoms with Gasteiger partial charge < -0.3 is 10.6 Å². The van der Waals surface area contributed by atoms with Crippen molar-refractivity contribution in [2.75, 3.05) is 10.6 Å². The molecule has 0 spiro atoms. The molecule has 0 aliphatic heterocycles. The van der Waals surface area contributed by atoms with Crippen molar-refractivity contribution >= 4 is 23.2 Å². The van der Waals surface area contributed by atoms with Crippen LogP contribution in [0.4, 0.5) is 17.3 Å². The van der Waals surface area contributed by atoms with Gasteiger partial charge in [-0.05, 0) is 67.3 Å². The van der Waals surface area contributed by atoms with Gasteiger partial charge in [0.05, 0.1) is 0 Å². The maximum absolute atomic E-state index is 12.4. The summed E-state index contributed by atoms with van der Waals surface area (Å²) in [7, 11) is 0. The smallest absolute Gasteiger partial charge is 0.274 e. The van der Waals surface area contributed by atoms with Crippen LogP contribution in [-0.2, 0) is 6.42 Å². The zero-order valence-corrected chi connectivity index (χ0v) is 15.2. The summed E-state index contributed by atoms with van der Waals surface area (Å²) in [4.78, 5) is 21.0. The molecule has 26 heavy (non-hydrogen) atoms. The monoisotopic (exact) mass is 346 g/mol. The third-order valence-corrected chi connectivity index (χ3v) is 4.27. The fourth-order valence-electron chi connectivity index (χ4n) is 2.51. The second-order valence-electron chi connectivity index (χ2n) is 6.19. The van der Waals surface area contributed by atoms with E-state index in [9.17, 15) is 4.79 Å². The Balaban J connectivity index is 1.73. The van der Waals surface area contributed by atoms with E-state index in [1.807, 2.05) is 42.5 Å². The van der Waals surface area contributed by atoms with Crippen molar-refractivity contribution in [3.05, 3.63) is 77.1 Å². The lowest BCUT2D eigenvalue weighted by Crippen LogP contribution is -2.14. The first kappa shape index (κ1) is 17.6. The highest BCUT2D eigenvalue weighted by Crippen LogP contribution is 2.18. The summed E-state index contributed by atoms with van der Waals surface area (Å²) in [5.74, 6) is 0.127. The van der Waals surface area contributed by atoms with Crippen molar-refractivity contribution < 1.29 is 4.79 Å². The Morgan fingerprint density at radius 1 is 0.962 bits per heavy atom. The Kier molecular flexibility index (Phi) is 5.27. The number of aryl methyl sites for hydroxylation is 3. The number of aromatic nitrogens is 2. The van der Waals surface area contributed by atoms with E-state index in [2.05, 4.69) is 41.4 Å². The Bertz CT molecular complexity index is 920. The van der Waals surface area contributed by atoms with E-state index in [0.29, 0.717) is 11.6 Å². The molecule has 132 valence electrons. The van der Waals surface area contributed by atoms with Gasteiger partial charge in [0.25, 0.3) is 5.91 Å². The number of anilines is 3. The van der Waals surface area contributed by atoms with Crippen LogP contribution in [0.5, 0.6) is 0 Å². The number of hydrogen-bond acceptors (Lipinski definition) is 4. The van der Waals surface area contributed by atoms with Crippen molar-refractivity contribution in [2.24, 2.45) is 0 Å². The van der Waals surface area contributed by atoms with Crippen LogP contribution in [0.3, 0.4) is 0 Å². The molecule has 0 saturated carbocycles. The molecule has 3 rings (SSSR count). The normalized spacial score (nSPS) is 10.4. The first-order valence-electron chi connectivity index (χ1n) is 8.63. The minimum absolute atomic E-state index is 0.264. The van der Waals surface area contributed by atoms with E-state index in [4.69, 9.17) is 0 Å². The van der Waals surface area contributed by atoms with Crippen LogP contribution in [0.1, 0.15) is 34.1 Å². The van der Waals surface area contributed by atoms with Gasteiger partial charge in [-0.1, -0.05) is 25.1 Å². The van der Waals surface area contributed by atoms with E-state index in [1.54, 1.807) is 12.3 Å². The van der Waals surface area contributed by atoms with E-state index in [0.717, 1.165) is 17.8 Å². The number of nitrogens with one attached hydrogen (secondary N) is 2. The van der Waals surface area contributed by atoms with Gasteiger partial charge in [-0.25, -0.2) is 9.97 Å². The molecule has 0 aliphatic rings. The van der Waals surface area contributed by atoms with Crippen LogP contribution in [0.2, 0.25) is 0 Å². The quantitative estimate of drug-likeness (QED) is 0.705. The number of benzene rings is 2. The summed E-state index contributed by atoms with van der Waals surface area (Å²) in [5, 5.41) is 6.00. The van der Waals surface area contributed by atoms with Gasteiger partial charge in [0.1, 0.15) is 5.69 Å². The molecule has 1 amide bonds. The molecule has 0 atom stereocenters. The maximum Gasteiger partial charge on any atom is 0.274 e. The minimum Gasteiger partial charge on any atom is -0.324 e. The molecule has 5 nitrogen and oxygen atoms in total. The Morgan fingerprint density at radius 2 is 1.69 bits per heavy atom. The predicted molar refractivity (Wildman–Crippen MR) is 105 cm³/mol. The Hall–Kier alpha value is -3.21. The van der Waals surface area contributed by atoms with Crippen LogP contribution in [0.25, 0.3) is 0 Å². The van der Waals surface area contributed by atoms with E-state index >= 15 is 0 Å². The standard InChI is InChI=1S/C21H22N4O/c1-4-16-6-9-17(10-7-16)23-20(26)19-11-12-22-21(25-19)24-18-8-5-14(2)15(3)13-18/h5-13H,4H2,1-3H3,(H,23,26)(H,22,24,25). The zero-order chi connectivity index (χ0) is 18.5. The fourth-order valence-corrected chi connectivity index (χ4v) is 2.51. The summed E-state index contributed by atoms with van der Waals surface area (Å²) < 4.78 is 0. The van der Waals surface area contributed by atoms with Crippen molar-refractivity contribution in [3.63, 3.8) is 0 Å². The summed E-state index contributed by atoms with van der Waals surface area (Å²) in [5.41, 5.74) is 5.57. The molecule has 1 aromatic heterocycles. The molecular formula is C21H22N4O. The summed E-state index contributed by atoms with van der Waals surface area (Å²) in [6.07, 6.45) is 2.54.